The fourth-order valence-electron chi connectivity index (χ4n) is 1.41. The van der Waals surface area contributed by atoms with Crippen molar-refractivity contribution in [1.29, 1.82) is 0 Å². The summed E-state index contributed by atoms with van der Waals surface area (Å²) in [5.41, 5.74) is 8.89. The van der Waals surface area contributed by atoms with Gasteiger partial charge in [-0.05, 0) is 24.1 Å². The lowest BCUT2D eigenvalue weighted by Crippen LogP contribution is -1.96. The Morgan fingerprint density at radius 2 is 2.19 bits per heavy atom. The average molecular weight is 219 g/mol. The van der Waals surface area contributed by atoms with Crippen LogP contribution in [-0.4, -0.2) is 6.61 Å². The van der Waals surface area contributed by atoms with Crippen LogP contribution in [0.5, 0.6) is 5.75 Å². The summed E-state index contributed by atoms with van der Waals surface area (Å²) in [5.74, 6) is 0.765. The second kappa shape index (κ2) is 7.60. The van der Waals surface area contributed by atoms with Gasteiger partial charge in [0.2, 0.25) is 0 Å². The largest absolute Gasteiger partial charge is 0.494 e. The molecule has 0 spiro atoms. The standard InChI is InChI=1S/C12H17N3O/c1-2-3-4-5-9-16-12-8-6-7-11(10-12)14-15-13/h6-8,10H,2-5,9H2,1H3. The van der Waals surface area contributed by atoms with Gasteiger partial charge in [-0.3, -0.25) is 0 Å². The summed E-state index contributed by atoms with van der Waals surface area (Å²) in [6.07, 6.45) is 4.75. The fourth-order valence-corrected chi connectivity index (χ4v) is 1.41. The van der Waals surface area contributed by atoms with Gasteiger partial charge in [-0.25, -0.2) is 0 Å². The Hall–Kier alpha value is -1.67. The Kier molecular flexibility index (Phi) is 5.89. The van der Waals surface area contributed by atoms with E-state index in [-0.39, 0.29) is 0 Å². The maximum Gasteiger partial charge on any atom is 0.119 e. The molecule has 0 heterocycles. The van der Waals surface area contributed by atoms with Gasteiger partial charge in [-0.1, -0.05) is 43.4 Å². The van der Waals surface area contributed by atoms with E-state index in [1.165, 1.54) is 19.3 Å². The lowest BCUT2D eigenvalue weighted by atomic mass is 10.2. The smallest absolute Gasteiger partial charge is 0.119 e. The summed E-state index contributed by atoms with van der Waals surface area (Å²) in [6, 6.07) is 7.20. The molecule has 0 aliphatic heterocycles. The van der Waals surface area contributed by atoms with Gasteiger partial charge in [0.1, 0.15) is 5.75 Å². The first-order chi connectivity index (χ1) is 7.86. The van der Waals surface area contributed by atoms with Gasteiger partial charge < -0.3 is 4.74 Å². The molecule has 1 rings (SSSR count). The third-order valence-electron chi connectivity index (χ3n) is 2.24. The van der Waals surface area contributed by atoms with Crippen molar-refractivity contribution in [2.75, 3.05) is 6.61 Å². The predicted octanol–water partition coefficient (Wildman–Crippen LogP) is 4.59. The number of unbranched alkanes of at least 4 members (excludes halogenated alkanes) is 3. The van der Waals surface area contributed by atoms with Crippen LogP contribution in [0.1, 0.15) is 32.6 Å². The summed E-state index contributed by atoms with van der Waals surface area (Å²) in [6.45, 7) is 2.91. The van der Waals surface area contributed by atoms with Gasteiger partial charge in [0.25, 0.3) is 0 Å². The molecule has 0 radical (unpaired) electrons. The first kappa shape index (κ1) is 12.4. The van der Waals surface area contributed by atoms with Crippen molar-refractivity contribution in [3.63, 3.8) is 0 Å². The first-order valence-electron chi connectivity index (χ1n) is 5.64. The summed E-state index contributed by atoms with van der Waals surface area (Å²) in [4.78, 5) is 2.74. The fraction of sp³-hybridized carbons (Fsp3) is 0.500. The van der Waals surface area contributed by atoms with Gasteiger partial charge in [-0.2, -0.15) is 0 Å². The first-order valence-corrected chi connectivity index (χ1v) is 5.64. The highest BCUT2D eigenvalue weighted by atomic mass is 16.5. The molecule has 0 saturated heterocycles. The van der Waals surface area contributed by atoms with E-state index < -0.39 is 0 Å². The maximum absolute atomic E-state index is 8.30. The molecule has 0 atom stereocenters. The Morgan fingerprint density at radius 1 is 1.31 bits per heavy atom. The number of nitrogens with zero attached hydrogens (tertiary/aromatic N) is 3. The maximum atomic E-state index is 8.30. The Labute approximate surface area is 95.9 Å². The van der Waals surface area contributed by atoms with Crippen LogP contribution in [-0.2, 0) is 0 Å². The molecule has 16 heavy (non-hydrogen) atoms. The minimum atomic E-state index is 0.591. The zero-order valence-corrected chi connectivity index (χ0v) is 9.59. The van der Waals surface area contributed by atoms with E-state index in [9.17, 15) is 0 Å². The summed E-state index contributed by atoms with van der Waals surface area (Å²) >= 11 is 0. The van der Waals surface area contributed by atoms with Gasteiger partial charge >= 0.3 is 0 Å². The van der Waals surface area contributed by atoms with Crippen molar-refractivity contribution in [2.24, 2.45) is 5.11 Å². The topological polar surface area (TPSA) is 58.0 Å². The van der Waals surface area contributed by atoms with Crippen LogP contribution in [0.2, 0.25) is 0 Å². The number of ether oxygens (including phenoxy) is 1. The van der Waals surface area contributed by atoms with Gasteiger partial charge in [0.15, 0.2) is 0 Å². The molecule has 0 unspecified atom stereocenters. The molecular formula is C12H17N3O. The van der Waals surface area contributed by atoms with E-state index in [1.807, 2.05) is 12.1 Å². The molecule has 0 N–H and O–H groups in total. The van der Waals surface area contributed by atoms with Crippen LogP contribution >= 0.6 is 0 Å². The molecule has 0 aliphatic rings. The Balaban J connectivity index is 2.36. The van der Waals surface area contributed by atoms with Crippen molar-refractivity contribution < 1.29 is 4.74 Å². The normalized spacial score (nSPS) is 9.56. The highest BCUT2D eigenvalue weighted by Crippen LogP contribution is 2.20. The molecule has 0 fully saturated rings. The van der Waals surface area contributed by atoms with Crippen LogP contribution in [0.25, 0.3) is 10.4 Å². The average Bonchev–Trinajstić information content (AvgIpc) is 2.30. The monoisotopic (exact) mass is 219 g/mol. The van der Waals surface area contributed by atoms with Crippen LogP contribution in [0, 0.1) is 0 Å². The van der Waals surface area contributed by atoms with Gasteiger partial charge in [0.05, 0.1) is 6.61 Å². The van der Waals surface area contributed by atoms with Crippen molar-refractivity contribution in [3.05, 3.63) is 34.7 Å². The highest BCUT2D eigenvalue weighted by Gasteiger charge is 1.95. The highest BCUT2D eigenvalue weighted by molar-refractivity contribution is 5.42. The van der Waals surface area contributed by atoms with E-state index in [2.05, 4.69) is 16.9 Å². The predicted molar refractivity (Wildman–Crippen MR) is 64.9 cm³/mol. The number of hydrogen-bond donors (Lipinski definition) is 0. The van der Waals surface area contributed by atoms with Crippen LogP contribution in [0.3, 0.4) is 0 Å². The summed E-state index contributed by atoms with van der Waals surface area (Å²) in [7, 11) is 0. The molecule has 0 amide bonds. The third kappa shape index (κ3) is 4.71. The van der Waals surface area contributed by atoms with Crippen LogP contribution < -0.4 is 4.74 Å². The lowest BCUT2D eigenvalue weighted by molar-refractivity contribution is 0.305. The van der Waals surface area contributed by atoms with E-state index >= 15 is 0 Å². The van der Waals surface area contributed by atoms with Crippen molar-refractivity contribution >= 4 is 5.69 Å². The van der Waals surface area contributed by atoms with E-state index in [0.29, 0.717) is 5.69 Å². The lowest BCUT2D eigenvalue weighted by Gasteiger charge is -2.05. The van der Waals surface area contributed by atoms with Crippen LogP contribution in [0.4, 0.5) is 5.69 Å². The third-order valence-corrected chi connectivity index (χ3v) is 2.24. The molecule has 1 aromatic carbocycles. The van der Waals surface area contributed by atoms with Gasteiger partial charge in [0, 0.05) is 10.6 Å². The zero-order chi connectivity index (χ0) is 11.6. The second-order valence-electron chi connectivity index (χ2n) is 3.60. The van der Waals surface area contributed by atoms with Crippen molar-refractivity contribution in [2.45, 2.75) is 32.6 Å². The molecule has 0 saturated carbocycles. The minimum absolute atomic E-state index is 0.591. The number of azide groups is 1. The molecule has 0 aromatic heterocycles. The second-order valence-corrected chi connectivity index (χ2v) is 3.60. The molecule has 86 valence electrons. The van der Waals surface area contributed by atoms with Gasteiger partial charge in [-0.15, -0.1) is 0 Å². The summed E-state index contributed by atoms with van der Waals surface area (Å²) in [5, 5.41) is 3.53. The minimum Gasteiger partial charge on any atom is -0.494 e. The number of rotatable bonds is 7. The number of hydrogen-bond acceptors (Lipinski definition) is 2. The van der Waals surface area contributed by atoms with E-state index in [4.69, 9.17) is 10.3 Å². The molecule has 1 aromatic rings. The summed E-state index contributed by atoms with van der Waals surface area (Å²) < 4.78 is 5.56. The molecule has 0 bridgehead atoms. The van der Waals surface area contributed by atoms with Crippen molar-refractivity contribution in [1.82, 2.24) is 0 Å². The Morgan fingerprint density at radius 3 is 2.94 bits per heavy atom. The Bertz CT molecular complexity index is 359. The quantitative estimate of drug-likeness (QED) is 0.286. The van der Waals surface area contributed by atoms with Crippen molar-refractivity contribution in [3.8, 4) is 5.75 Å². The van der Waals surface area contributed by atoms with Crippen LogP contribution in [0.15, 0.2) is 29.4 Å². The molecule has 4 nitrogen and oxygen atoms in total. The van der Waals surface area contributed by atoms with E-state index in [1.54, 1.807) is 12.1 Å². The molecular weight excluding hydrogens is 202 g/mol. The zero-order valence-electron chi connectivity index (χ0n) is 9.59. The van der Waals surface area contributed by atoms with E-state index in [0.717, 1.165) is 18.8 Å². The number of benzene rings is 1. The SMILES string of the molecule is CCCCCCOc1cccc(N=[N+]=[N-])c1. The molecule has 4 heteroatoms. The molecule has 0 aliphatic carbocycles.